The van der Waals surface area contributed by atoms with Crippen molar-refractivity contribution in [3.63, 3.8) is 0 Å². The lowest BCUT2D eigenvalue weighted by atomic mass is 10.2. The maximum absolute atomic E-state index is 12.9. The van der Waals surface area contributed by atoms with E-state index < -0.39 is 0 Å². The zero-order chi connectivity index (χ0) is 17.8. The summed E-state index contributed by atoms with van der Waals surface area (Å²) in [7, 11) is 0. The Kier molecular flexibility index (Phi) is 4.47. The maximum atomic E-state index is 12.9. The zero-order valence-corrected chi connectivity index (χ0v) is 13.9. The van der Waals surface area contributed by atoms with Gasteiger partial charge in [-0.05, 0) is 54.6 Å². The van der Waals surface area contributed by atoms with Gasteiger partial charge in [-0.1, -0.05) is 0 Å². The van der Waals surface area contributed by atoms with Crippen molar-refractivity contribution in [2.24, 2.45) is 0 Å². The van der Waals surface area contributed by atoms with E-state index in [1.807, 2.05) is 36.5 Å². The lowest BCUT2D eigenvalue weighted by molar-refractivity contribution is 0.320. The van der Waals surface area contributed by atoms with Gasteiger partial charge >= 0.3 is 0 Å². The van der Waals surface area contributed by atoms with Crippen molar-refractivity contribution in [3.05, 3.63) is 78.6 Å². The van der Waals surface area contributed by atoms with E-state index in [0.717, 1.165) is 22.8 Å². The van der Waals surface area contributed by atoms with Crippen molar-refractivity contribution in [1.29, 1.82) is 0 Å². The number of hydrogen-bond acceptors (Lipinski definition) is 4. The summed E-state index contributed by atoms with van der Waals surface area (Å²) >= 11 is 0. The van der Waals surface area contributed by atoms with Crippen LogP contribution in [-0.2, 0) is 6.42 Å². The topological polar surface area (TPSA) is 60.0 Å². The highest BCUT2D eigenvalue weighted by Gasteiger charge is 2.10. The molecule has 2 heterocycles. The van der Waals surface area contributed by atoms with Gasteiger partial charge in [0.15, 0.2) is 0 Å². The molecule has 2 aliphatic rings. The quantitative estimate of drug-likeness (QED) is 0.558. The van der Waals surface area contributed by atoms with Gasteiger partial charge in [0, 0.05) is 18.3 Å². The maximum Gasteiger partial charge on any atom is 0.127 e. The van der Waals surface area contributed by atoms with Crippen LogP contribution in [0.2, 0.25) is 0 Å². The number of halogens is 1. The second-order valence-corrected chi connectivity index (χ2v) is 5.69. The van der Waals surface area contributed by atoms with Gasteiger partial charge < -0.3 is 14.5 Å². The fraction of sp³-hybridized carbons (Fsp3) is 0.100. The second-order valence-electron chi connectivity index (χ2n) is 5.69. The van der Waals surface area contributed by atoms with Crippen LogP contribution in [0.15, 0.2) is 67.1 Å². The lowest BCUT2D eigenvalue weighted by Crippen LogP contribution is -2.05. The third kappa shape index (κ3) is 3.64. The highest BCUT2D eigenvalue weighted by molar-refractivity contribution is 5.57. The summed E-state index contributed by atoms with van der Waals surface area (Å²) in [6.07, 6.45) is 4.11. The number of ether oxygens (including phenoxy) is 2. The molecular formula is C20H16FN3O2. The first-order valence-corrected chi connectivity index (χ1v) is 8.21. The molecule has 0 aliphatic carbocycles. The van der Waals surface area contributed by atoms with Crippen LogP contribution in [-0.4, -0.2) is 21.6 Å². The molecule has 2 aromatic carbocycles. The minimum absolute atomic E-state index is 0.290. The highest BCUT2D eigenvalue weighted by atomic mass is 19.1. The zero-order valence-electron chi connectivity index (χ0n) is 13.9. The number of hydrogen-bond donors (Lipinski definition) is 1. The Labute approximate surface area is 149 Å². The van der Waals surface area contributed by atoms with Crippen molar-refractivity contribution in [3.8, 4) is 28.6 Å². The van der Waals surface area contributed by atoms with Crippen LogP contribution in [0.1, 0.15) is 5.69 Å². The Morgan fingerprint density at radius 3 is 2.31 bits per heavy atom. The van der Waals surface area contributed by atoms with Crippen LogP contribution in [0.5, 0.6) is 17.2 Å². The fourth-order valence-corrected chi connectivity index (χ4v) is 2.62. The molecule has 0 fully saturated rings. The smallest absolute Gasteiger partial charge is 0.127 e. The van der Waals surface area contributed by atoms with Gasteiger partial charge in [0.1, 0.15) is 35.1 Å². The molecule has 1 N–H and O–H groups in total. The number of fused-ring (bicyclic) bond motifs is 1. The first kappa shape index (κ1) is 16.1. The normalized spacial score (nSPS) is 10.8. The summed E-state index contributed by atoms with van der Waals surface area (Å²) in [6.45, 7) is 0.515. The summed E-state index contributed by atoms with van der Waals surface area (Å²) in [6, 6.07) is 15.1. The van der Waals surface area contributed by atoms with Gasteiger partial charge in [-0.2, -0.15) is 0 Å². The number of nitrogens with zero attached hydrogens (tertiary/aromatic N) is 2. The molecule has 0 saturated heterocycles. The molecule has 2 aliphatic heterocycles. The molecule has 0 spiro atoms. The van der Waals surface area contributed by atoms with Crippen LogP contribution in [0, 0.1) is 5.82 Å². The van der Waals surface area contributed by atoms with E-state index in [1.54, 1.807) is 18.5 Å². The molecule has 26 heavy (non-hydrogen) atoms. The van der Waals surface area contributed by atoms with Gasteiger partial charge in [0.2, 0.25) is 0 Å². The number of nitrogens with one attached hydrogen (secondary N) is 1. The van der Waals surface area contributed by atoms with E-state index in [9.17, 15) is 4.39 Å². The van der Waals surface area contributed by atoms with E-state index in [4.69, 9.17) is 9.47 Å². The predicted octanol–water partition coefficient (Wildman–Crippen LogP) is 4.46. The molecule has 0 radical (unpaired) electrons. The number of aromatic nitrogens is 3. The molecule has 0 bridgehead atoms. The fourth-order valence-electron chi connectivity index (χ4n) is 2.62. The third-order valence-electron chi connectivity index (χ3n) is 3.90. The van der Waals surface area contributed by atoms with Gasteiger partial charge in [0.05, 0.1) is 12.3 Å². The Bertz CT molecular complexity index is 952. The largest absolute Gasteiger partial charge is 0.493 e. The minimum Gasteiger partial charge on any atom is -0.493 e. The minimum atomic E-state index is -0.290. The van der Waals surface area contributed by atoms with Crippen molar-refractivity contribution >= 4 is 0 Å². The van der Waals surface area contributed by atoms with Crippen LogP contribution >= 0.6 is 0 Å². The molecule has 2 aromatic rings. The Hall–Kier alpha value is -3.41. The first-order chi connectivity index (χ1) is 12.8. The van der Waals surface area contributed by atoms with Gasteiger partial charge in [-0.15, -0.1) is 0 Å². The van der Waals surface area contributed by atoms with Gasteiger partial charge in [-0.3, -0.25) is 0 Å². The Balaban J connectivity index is 1.33. The van der Waals surface area contributed by atoms with E-state index >= 15 is 0 Å². The van der Waals surface area contributed by atoms with E-state index in [2.05, 4.69) is 15.0 Å². The van der Waals surface area contributed by atoms with E-state index in [0.29, 0.717) is 24.5 Å². The second kappa shape index (κ2) is 7.23. The Morgan fingerprint density at radius 1 is 0.846 bits per heavy atom. The van der Waals surface area contributed by atoms with E-state index in [-0.39, 0.29) is 5.82 Å². The molecule has 4 rings (SSSR count). The summed E-state index contributed by atoms with van der Waals surface area (Å²) < 4.78 is 24.3. The van der Waals surface area contributed by atoms with Crippen molar-refractivity contribution in [2.75, 3.05) is 6.61 Å². The van der Waals surface area contributed by atoms with Crippen molar-refractivity contribution < 1.29 is 13.9 Å². The molecular weight excluding hydrogens is 333 g/mol. The molecule has 5 nitrogen and oxygen atoms in total. The standard InChI is InChI=1S/C20H16FN3O2/c21-14-1-3-16(4-2-14)26-17-7-5-15(6-8-17)25-12-10-19-20-18(9-11-22-19)23-13-24-20/h1-9,11,13,22H,10,12H2. The third-order valence-corrected chi connectivity index (χ3v) is 3.90. The van der Waals surface area contributed by atoms with Gasteiger partial charge in [0.25, 0.3) is 0 Å². The van der Waals surface area contributed by atoms with Crippen LogP contribution in [0.3, 0.4) is 0 Å². The predicted molar refractivity (Wildman–Crippen MR) is 95.1 cm³/mol. The Morgan fingerprint density at radius 2 is 1.54 bits per heavy atom. The molecule has 130 valence electrons. The van der Waals surface area contributed by atoms with Crippen LogP contribution < -0.4 is 9.47 Å². The first-order valence-electron chi connectivity index (χ1n) is 8.21. The monoisotopic (exact) mass is 349 g/mol. The van der Waals surface area contributed by atoms with E-state index in [1.165, 1.54) is 12.1 Å². The number of benzene rings is 2. The summed E-state index contributed by atoms with van der Waals surface area (Å²) in [5.74, 6) is 1.70. The van der Waals surface area contributed by atoms with Gasteiger partial charge in [-0.25, -0.2) is 14.4 Å². The molecule has 0 atom stereocenters. The van der Waals surface area contributed by atoms with Crippen molar-refractivity contribution in [1.82, 2.24) is 15.0 Å². The molecule has 0 amide bonds. The molecule has 0 saturated carbocycles. The average molecular weight is 349 g/mol. The molecule has 0 unspecified atom stereocenters. The molecule has 0 aromatic heterocycles. The number of H-pyrrole nitrogens is 1. The molecule has 6 heteroatoms. The number of aromatic amines is 1. The van der Waals surface area contributed by atoms with Crippen molar-refractivity contribution in [2.45, 2.75) is 6.42 Å². The lowest BCUT2D eigenvalue weighted by Gasteiger charge is -2.10. The summed E-state index contributed by atoms with van der Waals surface area (Å²) in [5.41, 5.74) is 2.75. The number of rotatable bonds is 6. The number of pyridine rings is 1. The SMILES string of the molecule is Fc1ccc(Oc2ccc(OCCc3[nH]ccc4ncnc3-4)cc2)cc1. The summed E-state index contributed by atoms with van der Waals surface area (Å²) in [4.78, 5) is 11.6. The summed E-state index contributed by atoms with van der Waals surface area (Å²) in [5, 5.41) is 0. The highest BCUT2D eigenvalue weighted by Crippen LogP contribution is 2.24. The van der Waals surface area contributed by atoms with Crippen LogP contribution in [0.25, 0.3) is 11.4 Å². The van der Waals surface area contributed by atoms with Crippen LogP contribution in [0.4, 0.5) is 4.39 Å². The average Bonchev–Trinajstić information content (AvgIpc) is 3.15. The number of imidazole rings is 1.